The summed E-state index contributed by atoms with van der Waals surface area (Å²) in [5, 5.41) is 2.61. The smallest absolute Gasteiger partial charge is 0.242 e. The van der Waals surface area contributed by atoms with E-state index in [-0.39, 0.29) is 36.0 Å². The molecule has 0 aromatic carbocycles. The summed E-state index contributed by atoms with van der Waals surface area (Å²) in [4.78, 5) is 25.6. The third kappa shape index (κ3) is 4.76. The lowest BCUT2D eigenvalue weighted by atomic mass is 10.0. The fraction of sp³-hybridized carbons (Fsp3) is 0.857. The molecule has 1 saturated heterocycles. The average molecular weight is 285 g/mol. The highest BCUT2D eigenvalue weighted by Crippen LogP contribution is 2.20. The van der Waals surface area contributed by atoms with E-state index in [1.165, 1.54) is 0 Å². The molecule has 6 nitrogen and oxygen atoms in total. The number of rotatable bonds is 4. The number of carbonyl (C=O) groups excluding carboxylic acids is 2. The Labute approximate surface area is 121 Å². The maximum absolute atomic E-state index is 12.1. The maximum Gasteiger partial charge on any atom is 0.242 e. The van der Waals surface area contributed by atoms with Crippen LogP contribution in [-0.2, 0) is 14.3 Å². The van der Waals surface area contributed by atoms with Crippen LogP contribution >= 0.6 is 0 Å². The minimum Gasteiger partial charge on any atom is -0.369 e. The van der Waals surface area contributed by atoms with Crippen LogP contribution in [0.5, 0.6) is 0 Å². The zero-order chi connectivity index (χ0) is 15.5. The van der Waals surface area contributed by atoms with Gasteiger partial charge in [-0.25, -0.2) is 0 Å². The highest BCUT2D eigenvalue weighted by molar-refractivity contribution is 5.87. The van der Waals surface area contributed by atoms with Crippen LogP contribution in [0.2, 0.25) is 0 Å². The van der Waals surface area contributed by atoms with Gasteiger partial charge in [-0.2, -0.15) is 0 Å². The van der Waals surface area contributed by atoms with Crippen LogP contribution in [-0.4, -0.2) is 54.1 Å². The number of amides is 2. The Morgan fingerprint density at radius 3 is 2.55 bits per heavy atom. The van der Waals surface area contributed by atoms with Gasteiger partial charge >= 0.3 is 0 Å². The van der Waals surface area contributed by atoms with Crippen molar-refractivity contribution in [1.29, 1.82) is 0 Å². The van der Waals surface area contributed by atoms with E-state index < -0.39 is 6.04 Å². The number of ether oxygens (including phenoxy) is 1. The molecule has 20 heavy (non-hydrogen) atoms. The molecule has 0 aromatic heterocycles. The average Bonchev–Trinajstić information content (AvgIpc) is 2.31. The Balaban J connectivity index is 2.49. The van der Waals surface area contributed by atoms with Crippen molar-refractivity contribution in [2.45, 2.75) is 52.4 Å². The van der Waals surface area contributed by atoms with Gasteiger partial charge in [0.2, 0.25) is 11.8 Å². The number of nitrogens with two attached hydrogens (primary N) is 1. The topological polar surface area (TPSA) is 84.7 Å². The standard InChI is InChI=1S/C14H27N3O3/c1-9(2)12(15)13(19)16-6-11(18)17-7-10(3)20-14(4,5)8-17/h9-10,12H,6-8,15H2,1-5H3,(H,16,19)/t10?,12-/m0/s1. The van der Waals surface area contributed by atoms with E-state index >= 15 is 0 Å². The van der Waals surface area contributed by atoms with Gasteiger partial charge in [0.1, 0.15) is 0 Å². The predicted molar refractivity (Wildman–Crippen MR) is 77.0 cm³/mol. The summed E-state index contributed by atoms with van der Waals surface area (Å²) in [7, 11) is 0. The molecule has 3 N–H and O–H groups in total. The first-order valence-corrected chi connectivity index (χ1v) is 7.11. The van der Waals surface area contributed by atoms with Crippen LogP contribution in [0, 0.1) is 5.92 Å². The van der Waals surface area contributed by atoms with Crippen LogP contribution in [0.3, 0.4) is 0 Å². The SMILES string of the molecule is CC1CN(C(=O)CNC(=O)[C@@H](N)C(C)C)CC(C)(C)O1. The molecule has 1 unspecified atom stereocenters. The number of hydrogen-bond acceptors (Lipinski definition) is 4. The first kappa shape index (κ1) is 16.9. The number of nitrogens with zero attached hydrogens (tertiary/aromatic N) is 1. The number of hydrogen-bond donors (Lipinski definition) is 2. The molecule has 0 saturated carbocycles. The van der Waals surface area contributed by atoms with E-state index in [1.807, 2.05) is 34.6 Å². The molecule has 0 radical (unpaired) electrons. The van der Waals surface area contributed by atoms with Gasteiger partial charge in [-0.15, -0.1) is 0 Å². The highest BCUT2D eigenvalue weighted by atomic mass is 16.5. The van der Waals surface area contributed by atoms with Gasteiger partial charge < -0.3 is 20.7 Å². The van der Waals surface area contributed by atoms with Gasteiger partial charge in [0, 0.05) is 13.1 Å². The molecular weight excluding hydrogens is 258 g/mol. The van der Waals surface area contributed by atoms with E-state index in [1.54, 1.807) is 4.90 Å². The molecule has 0 aliphatic carbocycles. The van der Waals surface area contributed by atoms with Crippen molar-refractivity contribution in [2.24, 2.45) is 11.7 Å². The van der Waals surface area contributed by atoms with Crippen LogP contribution in [0.1, 0.15) is 34.6 Å². The predicted octanol–water partition coefficient (Wildman–Crippen LogP) is 0.112. The van der Waals surface area contributed by atoms with E-state index in [4.69, 9.17) is 10.5 Å². The summed E-state index contributed by atoms with van der Waals surface area (Å²) in [6.45, 7) is 10.7. The minimum absolute atomic E-state index is 0.00341. The lowest BCUT2D eigenvalue weighted by Crippen LogP contribution is -2.56. The van der Waals surface area contributed by atoms with Crippen LogP contribution in [0.4, 0.5) is 0 Å². The number of morpholine rings is 1. The summed E-state index contributed by atoms with van der Waals surface area (Å²) < 4.78 is 5.75. The van der Waals surface area contributed by atoms with Crippen molar-refractivity contribution in [1.82, 2.24) is 10.2 Å². The van der Waals surface area contributed by atoms with Crippen LogP contribution < -0.4 is 11.1 Å². The Hall–Kier alpha value is -1.14. The first-order valence-electron chi connectivity index (χ1n) is 7.11. The molecule has 1 heterocycles. The Morgan fingerprint density at radius 1 is 1.45 bits per heavy atom. The summed E-state index contributed by atoms with van der Waals surface area (Å²) in [6.07, 6.45) is -0.00341. The fourth-order valence-corrected chi connectivity index (χ4v) is 2.34. The molecule has 0 bridgehead atoms. The second-order valence-corrected chi connectivity index (χ2v) is 6.45. The van der Waals surface area contributed by atoms with Gasteiger partial charge in [-0.05, 0) is 26.7 Å². The summed E-state index contributed by atoms with van der Waals surface area (Å²) in [5.41, 5.74) is 5.38. The van der Waals surface area contributed by atoms with Crippen molar-refractivity contribution in [3.8, 4) is 0 Å². The summed E-state index contributed by atoms with van der Waals surface area (Å²) >= 11 is 0. The van der Waals surface area contributed by atoms with Gasteiger partial charge in [0.15, 0.2) is 0 Å². The van der Waals surface area contributed by atoms with Crippen molar-refractivity contribution < 1.29 is 14.3 Å². The molecular formula is C14H27N3O3. The maximum atomic E-state index is 12.1. The lowest BCUT2D eigenvalue weighted by molar-refractivity contribution is -0.157. The summed E-state index contributed by atoms with van der Waals surface area (Å²) in [5.74, 6) is -0.334. The molecule has 2 amide bonds. The Morgan fingerprint density at radius 2 is 2.05 bits per heavy atom. The molecule has 1 aliphatic heterocycles. The molecule has 2 atom stereocenters. The Bertz CT molecular complexity index is 369. The van der Waals surface area contributed by atoms with Crippen molar-refractivity contribution in [3.05, 3.63) is 0 Å². The van der Waals surface area contributed by atoms with Gasteiger partial charge in [0.05, 0.1) is 24.3 Å². The molecule has 1 aliphatic rings. The fourth-order valence-electron chi connectivity index (χ4n) is 2.34. The highest BCUT2D eigenvalue weighted by Gasteiger charge is 2.33. The lowest BCUT2D eigenvalue weighted by Gasteiger charge is -2.41. The summed E-state index contributed by atoms with van der Waals surface area (Å²) in [6, 6.07) is -0.581. The van der Waals surface area contributed by atoms with Crippen molar-refractivity contribution >= 4 is 11.8 Å². The molecule has 1 fully saturated rings. The molecule has 116 valence electrons. The number of nitrogens with one attached hydrogen (secondary N) is 1. The van der Waals surface area contributed by atoms with E-state index in [0.717, 1.165) is 0 Å². The minimum atomic E-state index is -0.581. The van der Waals surface area contributed by atoms with Crippen molar-refractivity contribution in [3.63, 3.8) is 0 Å². The van der Waals surface area contributed by atoms with E-state index in [0.29, 0.717) is 13.1 Å². The second kappa shape index (κ2) is 6.54. The van der Waals surface area contributed by atoms with E-state index in [9.17, 15) is 9.59 Å². The third-order valence-corrected chi connectivity index (χ3v) is 3.36. The van der Waals surface area contributed by atoms with Crippen LogP contribution in [0.15, 0.2) is 0 Å². The molecule has 6 heteroatoms. The monoisotopic (exact) mass is 285 g/mol. The molecule has 0 aromatic rings. The quantitative estimate of drug-likeness (QED) is 0.768. The molecule has 1 rings (SSSR count). The van der Waals surface area contributed by atoms with Gasteiger partial charge in [0.25, 0.3) is 0 Å². The Kier molecular flexibility index (Phi) is 5.53. The first-order chi connectivity index (χ1) is 9.12. The van der Waals surface area contributed by atoms with E-state index in [2.05, 4.69) is 5.32 Å². The van der Waals surface area contributed by atoms with Crippen LogP contribution in [0.25, 0.3) is 0 Å². The molecule has 0 spiro atoms. The van der Waals surface area contributed by atoms with Gasteiger partial charge in [-0.3, -0.25) is 9.59 Å². The number of carbonyl (C=O) groups is 2. The zero-order valence-corrected chi connectivity index (χ0v) is 13.1. The zero-order valence-electron chi connectivity index (χ0n) is 13.1. The normalized spacial score (nSPS) is 23.6. The second-order valence-electron chi connectivity index (χ2n) is 6.45. The third-order valence-electron chi connectivity index (χ3n) is 3.36. The largest absolute Gasteiger partial charge is 0.369 e. The van der Waals surface area contributed by atoms with Gasteiger partial charge in [-0.1, -0.05) is 13.8 Å². The van der Waals surface area contributed by atoms with Crippen molar-refractivity contribution in [2.75, 3.05) is 19.6 Å².